The average molecular weight is 546 g/mol. The van der Waals surface area contributed by atoms with Crippen LogP contribution in [0.1, 0.15) is 60.3 Å². The second-order valence-electron chi connectivity index (χ2n) is 10.5. The number of amides is 2. The van der Waals surface area contributed by atoms with Crippen LogP contribution in [0.3, 0.4) is 0 Å². The van der Waals surface area contributed by atoms with E-state index in [1.807, 2.05) is 73.7 Å². The number of likely N-dealkylation sites (tertiary alicyclic amines) is 1. The van der Waals surface area contributed by atoms with Crippen LogP contribution in [0, 0.1) is 0 Å². The third-order valence-electron chi connectivity index (χ3n) is 7.85. The number of rotatable bonds is 9. The van der Waals surface area contributed by atoms with Crippen LogP contribution in [-0.4, -0.2) is 59.5 Å². The fourth-order valence-electron chi connectivity index (χ4n) is 5.84. The minimum atomic E-state index is -0.668. The van der Waals surface area contributed by atoms with Gasteiger partial charge in [-0.05, 0) is 55.1 Å². The van der Waals surface area contributed by atoms with E-state index in [4.69, 9.17) is 9.47 Å². The molecule has 212 valence electrons. The van der Waals surface area contributed by atoms with Crippen LogP contribution >= 0.6 is 0 Å². The molecule has 5 rings (SSSR count). The molecule has 2 aliphatic heterocycles. The number of aliphatic hydroxyl groups is 2. The lowest BCUT2D eigenvalue weighted by molar-refractivity contribution is -0.264. The van der Waals surface area contributed by atoms with Crippen LogP contribution in [0.4, 0.5) is 10.5 Å². The topological polar surface area (TPSA) is 103 Å². The lowest BCUT2D eigenvalue weighted by Gasteiger charge is -2.44. The van der Waals surface area contributed by atoms with E-state index in [0.29, 0.717) is 18.8 Å². The Morgan fingerprint density at radius 2 is 1.73 bits per heavy atom. The highest BCUT2D eigenvalue weighted by Gasteiger charge is 2.43. The van der Waals surface area contributed by atoms with Gasteiger partial charge in [0.05, 0.1) is 25.4 Å². The smallest absolute Gasteiger partial charge is 0.319 e. The number of hydrogen-bond acceptors (Lipinski definition) is 6. The van der Waals surface area contributed by atoms with Crippen LogP contribution in [0.5, 0.6) is 0 Å². The summed E-state index contributed by atoms with van der Waals surface area (Å²) < 4.78 is 13.6. The molecule has 8 nitrogen and oxygen atoms in total. The number of nitrogens with one attached hydrogen (secondary N) is 2. The third kappa shape index (κ3) is 6.54. The molecule has 2 fully saturated rings. The second-order valence-corrected chi connectivity index (χ2v) is 10.5. The van der Waals surface area contributed by atoms with Crippen molar-refractivity contribution in [1.29, 1.82) is 0 Å². The van der Waals surface area contributed by atoms with Gasteiger partial charge in [-0.3, -0.25) is 4.90 Å². The Labute approximate surface area is 235 Å². The highest BCUT2D eigenvalue weighted by Crippen LogP contribution is 2.47. The van der Waals surface area contributed by atoms with Crippen molar-refractivity contribution in [2.75, 3.05) is 31.6 Å². The maximum Gasteiger partial charge on any atom is 0.319 e. The first kappa shape index (κ1) is 28.3. The van der Waals surface area contributed by atoms with E-state index >= 15 is 0 Å². The summed E-state index contributed by atoms with van der Waals surface area (Å²) in [4.78, 5) is 14.5. The molecule has 0 aromatic heterocycles. The molecule has 1 unspecified atom stereocenters. The van der Waals surface area contributed by atoms with E-state index in [1.165, 1.54) is 0 Å². The van der Waals surface area contributed by atoms with Crippen LogP contribution in [0.15, 0.2) is 78.9 Å². The maximum atomic E-state index is 12.2. The lowest BCUT2D eigenvalue weighted by Crippen LogP contribution is -2.46. The van der Waals surface area contributed by atoms with Crippen LogP contribution in [-0.2, 0) is 16.1 Å². The molecule has 0 spiro atoms. The van der Waals surface area contributed by atoms with E-state index in [9.17, 15) is 15.0 Å². The van der Waals surface area contributed by atoms with Crippen LogP contribution in [0.2, 0.25) is 0 Å². The summed E-state index contributed by atoms with van der Waals surface area (Å²) in [5.41, 5.74) is 4.42. The van der Waals surface area contributed by atoms with Gasteiger partial charge in [-0.2, -0.15) is 0 Å². The van der Waals surface area contributed by atoms with Crippen molar-refractivity contribution < 1.29 is 24.5 Å². The highest BCUT2D eigenvalue weighted by molar-refractivity contribution is 5.89. The van der Waals surface area contributed by atoms with E-state index in [-0.39, 0.29) is 43.4 Å². The molecule has 5 atom stereocenters. The zero-order valence-electron chi connectivity index (χ0n) is 22.9. The number of anilines is 1. The number of hydrogen-bond donors (Lipinski definition) is 4. The van der Waals surface area contributed by atoms with Crippen molar-refractivity contribution in [2.45, 2.75) is 56.8 Å². The summed E-state index contributed by atoms with van der Waals surface area (Å²) in [6, 6.07) is 25.6. The standard InChI is InChI=1S/C32H39N3O5/c1-2-33-32(38)34-26-11-6-10-25(18-26)31-39-28(19-35-17-7-12-27(35)21-37)29(23-8-4-3-5-9-23)30(40-31)24-15-13-22(20-36)14-16-24/h3-6,8-11,13-16,18,27-31,36-37H,2,7,12,17,19-21H2,1H3,(H2,33,34,38)/t27-,28+,29+,30-,31?/m0/s1. The molecule has 3 aromatic rings. The summed E-state index contributed by atoms with van der Waals surface area (Å²) in [7, 11) is 0. The van der Waals surface area contributed by atoms with Gasteiger partial charge in [0.15, 0.2) is 6.29 Å². The molecule has 3 aromatic carbocycles. The van der Waals surface area contributed by atoms with E-state index in [2.05, 4.69) is 27.7 Å². The van der Waals surface area contributed by atoms with Gasteiger partial charge in [-0.1, -0.05) is 66.7 Å². The molecule has 8 heteroatoms. The highest BCUT2D eigenvalue weighted by atomic mass is 16.7. The summed E-state index contributed by atoms with van der Waals surface area (Å²) >= 11 is 0. The lowest BCUT2D eigenvalue weighted by atomic mass is 9.83. The van der Waals surface area contributed by atoms with E-state index < -0.39 is 6.29 Å². The minimum absolute atomic E-state index is 0.0226. The Bertz CT molecular complexity index is 1240. The van der Waals surface area contributed by atoms with E-state index in [1.54, 1.807) is 0 Å². The number of benzene rings is 3. The van der Waals surface area contributed by atoms with Gasteiger partial charge < -0.3 is 30.3 Å². The molecule has 40 heavy (non-hydrogen) atoms. The van der Waals surface area contributed by atoms with Crippen molar-refractivity contribution >= 4 is 11.7 Å². The Morgan fingerprint density at radius 1 is 0.950 bits per heavy atom. The van der Waals surface area contributed by atoms with Crippen molar-refractivity contribution in [2.24, 2.45) is 0 Å². The molecule has 2 saturated heterocycles. The molecule has 0 radical (unpaired) electrons. The first-order valence-electron chi connectivity index (χ1n) is 14.1. The zero-order valence-corrected chi connectivity index (χ0v) is 22.9. The number of urea groups is 1. The quantitative estimate of drug-likeness (QED) is 0.310. The fourth-order valence-corrected chi connectivity index (χ4v) is 5.84. The summed E-state index contributed by atoms with van der Waals surface area (Å²) in [5, 5.41) is 25.3. The van der Waals surface area contributed by atoms with Gasteiger partial charge >= 0.3 is 6.03 Å². The normalized spacial score (nSPS) is 25.0. The van der Waals surface area contributed by atoms with Gasteiger partial charge in [0.25, 0.3) is 0 Å². The van der Waals surface area contributed by atoms with Crippen LogP contribution < -0.4 is 10.6 Å². The van der Waals surface area contributed by atoms with Gasteiger partial charge in [0.1, 0.15) is 0 Å². The Kier molecular flexibility index (Phi) is 9.46. The number of carbonyl (C=O) groups is 1. The predicted molar refractivity (Wildman–Crippen MR) is 154 cm³/mol. The monoisotopic (exact) mass is 545 g/mol. The van der Waals surface area contributed by atoms with Gasteiger partial charge in [-0.15, -0.1) is 0 Å². The molecule has 2 amide bonds. The Balaban J connectivity index is 1.52. The first-order chi connectivity index (χ1) is 19.6. The molecule has 0 aliphatic carbocycles. The largest absolute Gasteiger partial charge is 0.395 e. The van der Waals surface area contributed by atoms with Crippen molar-refractivity contribution in [3.05, 3.63) is 101 Å². The van der Waals surface area contributed by atoms with E-state index in [0.717, 1.165) is 41.6 Å². The fraction of sp³-hybridized carbons (Fsp3) is 0.406. The number of aliphatic hydroxyl groups excluding tert-OH is 2. The van der Waals surface area contributed by atoms with Gasteiger partial charge in [-0.25, -0.2) is 4.79 Å². The summed E-state index contributed by atoms with van der Waals surface area (Å²) in [6.07, 6.45) is 0.801. The maximum absolute atomic E-state index is 12.2. The minimum Gasteiger partial charge on any atom is -0.395 e. The summed E-state index contributed by atoms with van der Waals surface area (Å²) in [5.74, 6) is -0.103. The zero-order chi connectivity index (χ0) is 27.9. The molecule has 0 bridgehead atoms. The molecule has 2 aliphatic rings. The SMILES string of the molecule is CCNC(=O)Nc1cccc(C2O[C@H](CN3CCC[C@H]3CO)[C@@H](c3ccccc3)[C@H](c3ccc(CO)cc3)O2)c1. The predicted octanol–water partition coefficient (Wildman–Crippen LogP) is 4.72. The Hall–Kier alpha value is -3.27. The molecule has 2 heterocycles. The molecular formula is C32H39N3O5. The van der Waals surface area contributed by atoms with Gasteiger partial charge in [0, 0.05) is 36.3 Å². The summed E-state index contributed by atoms with van der Waals surface area (Å²) in [6.45, 7) is 4.09. The van der Waals surface area contributed by atoms with Crippen molar-refractivity contribution in [1.82, 2.24) is 10.2 Å². The number of nitrogens with zero attached hydrogens (tertiary/aromatic N) is 1. The molecule has 0 saturated carbocycles. The molecule has 4 N–H and O–H groups in total. The average Bonchev–Trinajstić information content (AvgIpc) is 3.44. The van der Waals surface area contributed by atoms with Crippen molar-refractivity contribution in [3.8, 4) is 0 Å². The van der Waals surface area contributed by atoms with Crippen LogP contribution in [0.25, 0.3) is 0 Å². The number of ether oxygens (including phenoxy) is 2. The number of carbonyl (C=O) groups excluding carboxylic acids is 1. The first-order valence-corrected chi connectivity index (χ1v) is 14.1. The third-order valence-corrected chi connectivity index (χ3v) is 7.85. The van der Waals surface area contributed by atoms with Crippen molar-refractivity contribution in [3.63, 3.8) is 0 Å². The Morgan fingerprint density at radius 3 is 2.45 bits per heavy atom. The second kappa shape index (κ2) is 13.4. The molecular weight excluding hydrogens is 506 g/mol. The van der Waals surface area contributed by atoms with Gasteiger partial charge in [0.2, 0.25) is 0 Å².